The van der Waals surface area contributed by atoms with E-state index in [0.717, 1.165) is 18.6 Å². The molecule has 0 amide bonds. The van der Waals surface area contributed by atoms with Gasteiger partial charge in [0.1, 0.15) is 12.4 Å². The predicted octanol–water partition coefficient (Wildman–Crippen LogP) is 2.78. The van der Waals surface area contributed by atoms with E-state index in [1.807, 2.05) is 12.1 Å². The standard InChI is InChI=1S/C13H18O2/c1-4-11-6-12(5-2)8-13(7-11)15-9-10(3)14/h6-8H,4-5,9H2,1-3H3. The van der Waals surface area contributed by atoms with Crippen LogP contribution in [-0.4, -0.2) is 12.4 Å². The highest BCUT2D eigenvalue weighted by Gasteiger charge is 2.01. The van der Waals surface area contributed by atoms with Crippen molar-refractivity contribution in [3.05, 3.63) is 29.3 Å². The van der Waals surface area contributed by atoms with Gasteiger partial charge in [-0.15, -0.1) is 0 Å². The van der Waals surface area contributed by atoms with E-state index in [2.05, 4.69) is 19.9 Å². The Hall–Kier alpha value is -1.31. The highest BCUT2D eigenvalue weighted by Crippen LogP contribution is 2.18. The molecule has 0 saturated carbocycles. The van der Waals surface area contributed by atoms with Gasteiger partial charge in [-0.3, -0.25) is 4.79 Å². The highest BCUT2D eigenvalue weighted by molar-refractivity contribution is 5.77. The molecule has 2 heteroatoms. The first-order chi connectivity index (χ1) is 7.15. The van der Waals surface area contributed by atoms with Crippen LogP contribution in [0.2, 0.25) is 0 Å². The molecular weight excluding hydrogens is 188 g/mol. The van der Waals surface area contributed by atoms with Gasteiger partial charge >= 0.3 is 0 Å². The van der Waals surface area contributed by atoms with Gasteiger partial charge < -0.3 is 4.74 Å². The van der Waals surface area contributed by atoms with Crippen molar-refractivity contribution in [2.75, 3.05) is 6.61 Å². The summed E-state index contributed by atoms with van der Waals surface area (Å²) in [5.74, 6) is 0.858. The Labute approximate surface area is 91.3 Å². The lowest BCUT2D eigenvalue weighted by atomic mass is 10.1. The third kappa shape index (κ3) is 3.74. The summed E-state index contributed by atoms with van der Waals surface area (Å²) < 4.78 is 5.40. The van der Waals surface area contributed by atoms with Crippen LogP contribution >= 0.6 is 0 Å². The minimum Gasteiger partial charge on any atom is -0.486 e. The molecule has 0 aromatic heterocycles. The Morgan fingerprint density at radius 3 is 2.07 bits per heavy atom. The minimum absolute atomic E-state index is 0.0509. The molecule has 0 aliphatic heterocycles. The normalized spacial score (nSPS) is 10.1. The summed E-state index contributed by atoms with van der Waals surface area (Å²) in [5, 5.41) is 0. The third-order valence-corrected chi connectivity index (χ3v) is 2.28. The molecule has 0 spiro atoms. The lowest BCUT2D eigenvalue weighted by Crippen LogP contribution is -2.07. The summed E-state index contributed by atoms with van der Waals surface area (Å²) in [5.41, 5.74) is 2.51. The van der Waals surface area contributed by atoms with Gasteiger partial charge in [0.2, 0.25) is 0 Å². The Morgan fingerprint density at radius 2 is 1.67 bits per heavy atom. The second kappa shape index (κ2) is 5.54. The fourth-order valence-corrected chi connectivity index (χ4v) is 1.41. The number of rotatable bonds is 5. The zero-order valence-electron chi connectivity index (χ0n) is 9.67. The summed E-state index contributed by atoms with van der Waals surface area (Å²) in [6.07, 6.45) is 1.98. The van der Waals surface area contributed by atoms with Crippen LogP contribution < -0.4 is 4.74 Å². The molecule has 1 aromatic rings. The molecule has 0 N–H and O–H groups in total. The number of ether oxygens (including phenoxy) is 1. The average molecular weight is 206 g/mol. The number of hydrogen-bond donors (Lipinski definition) is 0. The first kappa shape index (κ1) is 11.8. The Morgan fingerprint density at radius 1 is 1.13 bits per heavy atom. The first-order valence-corrected chi connectivity index (χ1v) is 5.40. The largest absolute Gasteiger partial charge is 0.486 e. The van der Waals surface area contributed by atoms with Crippen LogP contribution in [0.5, 0.6) is 5.75 Å². The van der Waals surface area contributed by atoms with Crippen LogP contribution in [0.25, 0.3) is 0 Å². The smallest absolute Gasteiger partial charge is 0.167 e. The summed E-state index contributed by atoms with van der Waals surface area (Å²) in [6.45, 7) is 5.92. The summed E-state index contributed by atoms with van der Waals surface area (Å²) in [6, 6.07) is 6.19. The van der Waals surface area contributed by atoms with Crippen molar-refractivity contribution in [3.63, 3.8) is 0 Å². The molecule has 0 aliphatic carbocycles. The van der Waals surface area contributed by atoms with Gasteiger partial charge in [0.25, 0.3) is 0 Å². The molecule has 1 rings (SSSR count). The number of hydrogen-bond acceptors (Lipinski definition) is 2. The summed E-state index contributed by atoms with van der Waals surface area (Å²) in [7, 11) is 0. The maximum absolute atomic E-state index is 10.8. The minimum atomic E-state index is 0.0509. The fraction of sp³-hybridized carbons (Fsp3) is 0.462. The fourth-order valence-electron chi connectivity index (χ4n) is 1.41. The van der Waals surface area contributed by atoms with Gasteiger partial charge in [-0.05, 0) is 43.0 Å². The predicted molar refractivity (Wildman–Crippen MR) is 61.4 cm³/mol. The van der Waals surface area contributed by atoms with Gasteiger partial charge in [0.05, 0.1) is 0 Å². The van der Waals surface area contributed by atoms with Crippen molar-refractivity contribution in [2.45, 2.75) is 33.6 Å². The molecule has 1 aromatic carbocycles. The number of benzene rings is 1. The van der Waals surface area contributed by atoms with Gasteiger partial charge in [-0.1, -0.05) is 19.9 Å². The second-order valence-corrected chi connectivity index (χ2v) is 3.68. The molecule has 0 radical (unpaired) electrons. The quantitative estimate of drug-likeness (QED) is 0.740. The van der Waals surface area contributed by atoms with E-state index >= 15 is 0 Å². The van der Waals surface area contributed by atoms with Crippen LogP contribution in [0.1, 0.15) is 31.9 Å². The van der Waals surface area contributed by atoms with Crippen molar-refractivity contribution < 1.29 is 9.53 Å². The van der Waals surface area contributed by atoms with Crippen molar-refractivity contribution in [3.8, 4) is 5.75 Å². The van der Waals surface area contributed by atoms with Gasteiger partial charge in [0.15, 0.2) is 5.78 Å². The second-order valence-electron chi connectivity index (χ2n) is 3.68. The Kier molecular flexibility index (Phi) is 4.35. The molecular formula is C13H18O2. The molecule has 0 aliphatic rings. The molecule has 0 bridgehead atoms. The summed E-state index contributed by atoms with van der Waals surface area (Å²) in [4.78, 5) is 10.8. The number of aryl methyl sites for hydroxylation is 2. The van der Waals surface area contributed by atoms with E-state index in [-0.39, 0.29) is 12.4 Å². The summed E-state index contributed by atoms with van der Waals surface area (Å²) >= 11 is 0. The van der Waals surface area contributed by atoms with Crippen molar-refractivity contribution >= 4 is 5.78 Å². The van der Waals surface area contributed by atoms with Crippen LogP contribution in [0.15, 0.2) is 18.2 Å². The molecule has 2 nitrogen and oxygen atoms in total. The maximum atomic E-state index is 10.8. The molecule has 82 valence electrons. The van der Waals surface area contributed by atoms with Crippen LogP contribution in [0.3, 0.4) is 0 Å². The number of Topliss-reactive ketones (excluding diaryl/α,β-unsaturated/α-hetero) is 1. The topological polar surface area (TPSA) is 26.3 Å². The third-order valence-electron chi connectivity index (χ3n) is 2.28. The van der Waals surface area contributed by atoms with E-state index in [0.29, 0.717) is 0 Å². The SMILES string of the molecule is CCc1cc(CC)cc(OCC(C)=O)c1. The van der Waals surface area contributed by atoms with Crippen LogP contribution in [-0.2, 0) is 17.6 Å². The van der Waals surface area contributed by atoms with Crippen LogP contribution in [0.4, 0.5) is 0 Å². The lowest BCUT2D eigenvalue weighted by molar-refractivity contribution is -0.118. The molecule has 0 fully saturated rings. The van der Waals surface area contributed by atoms with E-state index in [1.165, 1.54) is 18.1 Å². The average Bonchev–Trinajstić information content (AvgIpc) is 2.25. The van der Waals surface area contributed by atoms with E-state index in [4.69, 9.17) is 4.74 Å². The lowest BCUT2D eigenvalue weighted by Gasteiger charge is -2.08. The molecule has 0 atom stereocenters. The zero-order valence-corrected chi connectivity index (χ0v) is 9.67. The maximum Gasteiger partial charge on any atom is 0.167 e. The van der Waals surface area contributed by atoms with E-state index in [1.54, 1.807) is 0 Å². The van der Waals surface area contributed by atoms with Gasteiger partial charge in [-0.2, -0.15) is 0 Å². The van der Waals surface area contributed by atoms with Crippen molar-refractivity contribution in [2.24, 2.45) is 0 Å². The van der Waals surface area contributed by atoms with Crippen molar-refractivity contribution in [1.29, 1.82) is 0 Å². The van der Waals surface area contributed by atoms with Gasteiger partial charge in [-0.25, -0.2) is 0 Å². The number of carbonyl (C=O) groups excluding carboxylic acids is 1. The monoisotopic (exact) mass is 206 g/mol. The highest BCUT2D eigenvalue weighted by atomic mass is 16.5. The number of carbonyl (C=O) groups is 1. The molecule has 0 saturated heterocycles. The van der Waals surface area contributed by atoms with Gasteiger partial charge in [0, 0.05) is 0 Å². The molecule has 0 unspecified atom stereocenters. The van der Waals surface area contributed by atoms with E-state index < -0.39 is 0 Å². The molecule has 15 heavy (non-hydrogen) atoms. The Bertz CT molecular complexity index is 320. The Balaban J connectivity index is 2.81. The number of ketones is 1. The van der Waals surface area contributed by atoms with Crippen LogP contribution in [0, 0.1) is 0 Å². The van der Waals surface area contributed by atoms with E-state index in [9.17, 15) is 4.79 Å². The van der Waals surface area contributed by atoms with Crippen molar-refractivity contribution in [1.82, 2.24) is 0 Å². The first-order valence-electron chi connectivity index (χ1n) is 5.40. The zero-order chi connectivity index (χ0) is 11.3. The molecule has 0 heterocycles.